The van der Waals surface area contributed by atoms with E-state index in [4.69, 9.17) is 0 Å². The largest absolute Gasteiger partial charge is 0.389 e. The Morgan fingerprint density at radius 1 is 1.11 bits per heavy atom. The monoisotopic (exact) mass is 245 g/mol. The van der Waals surface area contributed by atoms with Gasteiger partial charge in [0, 0.05) is 25.2 Å². The van der Waals surface area contributed by atoms with Crippen molar-refractivity contribution in [1.82, 2.24) is 4.98 Å². The van der Waals surface area contributed by atoms with Crippen molar-refractivity contribution < 1.29 is 9.50 Å². The number of hydrogen-bond donors (Lipinski definition) is 1. The van der Waals surface area contributed by atoms with Crippen LogP contribution in [0.15, 0.2) is 48.8 Å². The Kier molecular flexibility index (Phi) is 3.72. The zero-order chi connectivity index (χ0) is 13.0. The third-order valence-corrected chi connectivity index (χ3v) is 2.86. The average molecular weight is 245 g/mol. The lowest BCUT2D eigenvalue weighted by molar-refractivity contribution is 0.0599. The predicted molar refractivity (Wildman–Crippen MR) is 68.7 cm³/mol. The standard InChI is InChI=1S/C15H16FNO/c1-15(18,10-12-6-8-17-9-7-12)11-13-4-2-3-5-14(13)16/h2-9,18H,10-11H2,1H3. The Morgan fingerprint density at radius 2 is 1.78 bits per heavy atom. The van der Waals surface area contributed by atoms with Gasteiger partial charge in [0.2, 0.25) is 0 Å². The van der Waals surface area contributed by atoms with Crippen molar-refractivity contribution in [1.29, 1.82) is 0 Å². The van der Waals surface area contributed by atoms with E-state index in [2.05, 4.69) is 4.98 Å². The molecule has 1 heterocycles. The molecule has 1 atom stereocenters. The first-order valence-electron chi connectivity index (χ1n) is 5.91. The fourth-order valence-electron chi connectivity index (χ4n) is 2.05. The molecule has 0 aliphatic heterocycles. The molecule has 0 saturated carbocycles. The van der Waals surface area contributed by atoms with Crippen LogP contribution in [0.5, 0.6) is 0 Å². The highest BCUT2D eigenvalue weighted by Crippen LogP contribution is 2.20. The summed E-state index contributed by atoms with van der Waals surface area (Å²) in [6.07, 6.45) is 4.15. The minimum atomic E-state index is -0.969. The number of nitrogens with zero attached hydrogens (tertiary/aromatic N) is 1. The van der Waals surface area contributed by atoms with E-state index in [0.717, 1.165) is 5.56 Å². The van der Waals surface area contributed by atoms with Crippen LogP contribution in [0.1, 0.15) is 18.1 Å². The van der Waals surface area contributed by atoms with Gasteiger partial charge in [-0.1, -0.05) is 18.2 Å². The summed E-state index contributed by atoms with van der Waals surface area (Å²) < 4.78 is 13.5. The van der Waals surface area contributed by atoms with Crippen LogP contribution >= 0.6 is 0 Å². The topological polar surface area (TPSA) is 33.1 Å². The number of pyridine rings is 1. The molecule has 2 aromatic rings. The van der Waals surface area contributed by atoms with Crippen LogP contribution in [0.25, 0.3) is 0 Å². The molecule has 1 aromatic carbocycles. The normalized spacial score (nSPS) is 14.2. The highest BCUT2D eigenvalue weighted by atomic mass is 19.1. The summed E-state index contributed by atoms with van der Waals surface area (Å²) in [6, 6.07) is 10.3. The molecule has 0 fully saturated rings. The Hall–Kier alpha value is -1.74. The van der Waals surface area contributed by atoms with Gasteiger partial charge < -0.3 is 5.11 Å². The maximum Gasteiger partial charge on any atom is 0.126 e. The lowest BCUT2D eigenvalue weighted by Crippen LogP contribution is -2.30. The van der Waals surface area contributed by atoms with Crippen LogP contribution in [0.4, 0.5) is 4.39 Å². The lowest BCUT2D eigenvalue weighted by atomic mass is 9.90. The first-order valence-corrected chi connectivity index (χ1v) is 5.91. The third-order valence-electron chi connectivity index (χ3n) is 2.86. The number of aliphatic hydroxyl groups is 1. The van der Waals surface area contributed by atoms with Gasteiger partial charge in [-0.15, -0.1) is 0 Å². The van der Waals surface area contributed by atoms with Gasteiger partial charge in [-0.25, -0.2) is 4.39 Å². The maximum atomic E-state index is 13.5. The van der Waals surface area contributed by atoms with Gasteiger partial charge >= 0.3 is 0 Å². The molecule has 2 rings (SSSR count). The van der Waals surface area contributed by atoms with E-state index in [9.17, 15) is 9.50 Å². The fourth-order valence-corrected chi connectivity index (χ4v) is 2.05. The summed E-state index contributed by atoms with van der Waals surface area (Å²) in [5.74, 6) is -0.271. The van der Waals surface area contributed by atoms with Gasteiger partial charge in [0.25, 0.3) is 0 Å². The molecule has 94 valence electrons. The van der Waals surface area contributed by atoms with E-state index >= 15 is 0 Å². The highest BCUT2D eigenvalue weighted by Gasteiger charge is 2.22. The van der Waals surface area contributed by atoms with Crippen molar-refractivity contribution in [3.05, 3.63) is 65.7 Å². The summed E-state index contributed by atoms with van der Waals surface area (Å²) in [7, 11) is 0. The Bertz CT molecular complexity index is 511. The summed E-state index contributed by atoms with van der Waals surface area (Å²) in [5.41, 5.74) is 0.562. The molecule has 0 bridgehead atoms. The second-order valence-electron chi connectivity index (χ2n) is 4.80. The molecule has 0 saturated heterocycles. The third kappa shape index (κ3) is 3.37. The number of aromatic nitrogens is 1. The molecule has 1 unspecified atom stereocenters. The van der Waals surface area contributed by atoms with Gasteiger partial charge in [-0.3, -0.25) is 4.98 Å². The number of benzene rings is 1. The van der Waals surface area contributed by atoms with E-state index in [1.54, 1.807) is 37.5 Å². The van der Waals surface area contributed by atoms with Crippen LogP contribution < -0.4 is 0 Å². The molecule has 18 heavy (non-hydrogen) atoms. The molecular weight excluding hydrogens is 229 g/mol. The number of halogens is 1. The van der Waals surface area contributed by atoms with Gasteiger partial charge in [0.05, 0.1) is 5.60 Å². The van der Waals surface area contributed by atoms with Gasteiger partial charge in [0.15, 0.2) is 0 Å². The van der Waals surface area contributed by atoms with Crippen molar-refractivity contribution in [2.45, 2.75) is 25.4 Å². The molecule has 0 aliphatic carbocycles. The molecule has 0 aliphatic rings. The molecule has 2 nitrogen and oxygen atoms in total. The fraction of sp³-hybridized carbons (Fsp3) is 0.267. The minimum Gasteiger partial charge on any atom is -0.389 e. The SMILES string of the molecule is CC(O)(Cc1ccncc1)Cc1ccccc1F. The van der Waals surface area contributed by atoms with Crippen LogP contribution in [0.2, 0.25) is 0 Å². The van der Waals surface area contributed by atoms with Crippen LogP contribution in [0, 0.1) is 5.82 Å². The average Bonchev–Trinajstić information content (AvgIpc) is 2.32. The van der Waals surface area contributed by atoms with E-state index < -0.39 is 5.60 Å². The number of hydrogen-bond acceptors (Lipinski definition) is 2. The molecule has 0 spiro atoms. The maximum absolute atomic E-state index is 13.5. The van der Waals surface area contributed by atoms with Crippen LogP contribution in [-0.4, -0.2) is 15.7 Å². The van der Waals surface area contributed by atoms with E-state index in [-0.39, 0.29) is 5.82 Å². The van der Waals surface area contributed by atoms with Crippen molar-refractivity contribution in [2.24, 2.45) is 0 Å². The van der Waals surface area contributed by atoms with Crippen molar-refractivity contribution >= 4 is 0 Å². The van der Waals surface area contributed by atoms with E-state index in [1.165, 1.54) is 6.07 Å². The predicted octanol–water partition coefficient (Wildman–Crippen LogP) is 2.76. The van der Waals surface area contributed by atoms with Gasteiger partial charge in [-0.2, -0.15) is 0 Å². The molecule has 0 amide bonds. The Morgan fingerprint density at radius 3 is 2.44 bits per heavy atom. The zero-order valence-electron chi connectivity index (χ0n) is 10.3. The summed E-state index contributed by atoms with van der Waals surface area (Å²) in [4.78, 5) is 3.93. The molecule has 1 N–H and O–H groups in total. The van der Waals surface area contributed by atoms with E-state index in [0.29, 0.717) is 18.4 Å². The molecule has 0 radical (unpaired) electrons. The summed E-state index contributed by atoms with van der Waals surface area (Å²) in [5, 5.41) is 10.4. The summed E-state index contributed by atoms with van der Waals surface area (Å²) >= 11 is 0. The lowest BCUT2D eigenvalue weighted by Gasteiger charge is -2.23. The van der Waals surface area contributed by atoms with Gasteiger partial charge in [-0.05, 0) is 36.2 Å². The van der Waals surface area contributed by atoms with Crippen LogP contribution in [0.3, 0.4) is 0 Å². The van der Waals surface area contributed by atoms with Crippen LogP contribution in [-0.2, 0) is 12.8 Å². The number of rotatable bonds is 4. The smallest absolute Gasteiger partial charge is 0.126 e. The van der Waals surface area contributed by atoms with Gasteiger partial charge in [0.1, 0.15) is 5.82 Å². The first-order chi connectivity index (χ1) is 8.57. The van der Waals surface area contributed by atoms with E-state index in [1.807, 2.05) is 12.1 Å². The van der Waals surface area contributed by atoms with Crippen molar-refractivity contribution in [3.63, 3.8) is 0 Å². The van der Waals surface area contributed by atoms with Crippen molar-refractivity contribution in [2.75, 3.05) is 0 Å². The molecule has 3 heteroatoms. The Labute approximate surface area is 106 Å². The second-order valence-corrected chi connectivity index (χ2v) is 4.80. The highest BCUT2D eigenvalue weighted by molar-refractivity contribution is 5.21. The molecular formula is C15H16FNO. The summed E-state index contributed by atoms with van der Waals surface area (Å²) in [6.45, 7) is 1.72. The quantitative estimate of drug-likeness (QED) is 0.898. The minimum absolute atomic E-state index is 0.271. The Balaban J connectivity index is 2.10. The molecule has 1 aromatic heterocycles. The first kappa shape index (κ1) is 12.7. The second kappa shape index (κ2) is 5.27. The van der Waals surface area contributed by atoms with Crippen molar-refractivity contribution in [3.8, 4) is 0 Å². The zero-order valence-corrected chi connectivity index (χ0v) is 10.3.